The highest BCUT2D eigenvalue weighted by molar-refractivity contribution is 5.85. The lowest BCUT2D eigenvalue weighted by molar-refractivity contribution is -0.177. The van der Waals surface area contributed by atoms with Crippen LogP contribution in [0.1, 0.15) is 60.8 Å². The Kier molecular flexibility index (Phi) is 4.18. The average molecular weight is 308 g/mol. The predicted octanol–water partition coefficient (Wildman–Crippen LogP) is 3.64. The van der Waals surface area contributed by atoms with Gasteiger partial charge in [-0.3, -0.25) is 9.59 Å². The molecule has 3 atom stereocenters. The van der Waals surface area contributed by atoms with Crippen LogP contribution in [0.2, 0.25) is 0 Å². The average Bonchev–Trinajstić information content (AvgIpc) is 2.83. The third-order valence-corrected chi connectivity index (χ3v) is 4.19. The van der Waals surface area contributed by atoms with Crippen LogP contribution in [-0.4, -0.2) is 23.1 Å². The fourth-order valence-corrected chi connectivity index (χ4v) is 3.48. The maximum atomic E-state index is 12.8. The van der Waals surface area contributed by atoms with Crippen LogP contribution in [0.25, 0.3) is 0 Å². The van der Waals surface area contributed by atoms with Crippen LogP contribution >= 0.6 is 0 Å². The van der Waals surface area contributed by atoms with Gasteiger partial charge in [-0.1, -0.05) is 12.2 Å². The smallest absolute Gasteiger partial charge is 0.313 e. The molecule has 4 nitrogen and oxygen atoms in total. The van der Waals surface area contributed by atoms with E-state index < -0.39 is 16.6 Å². The highest BCUT2D eigenvalue weighted by atomic mass is 16.6. The van der Waals surface area contributed by atoms with Gasteiger partial charge in [0, 0.05) is 0 Å². The van der Waals surface area contributed by atoms with Gasteiger partial charge >= 0.3 is 11.9 Å². The van der Waals surface area contributed by atoms with E-state index in [0.29, 0.717) is 12.3 Å². The number of fused-ring (bicyclic) bond motifs is 2. The van der Waals surface area contributed by atoms with Crippen LogP contribution in [0.5, 0.6) is 0 Å². The molecule has 0 saturated heterocycles. The maximum Gasteiger partial charge on any atom is 0.313 e. The van der Waals surface area contributed by atoms with Crippen LogP contribution in [0.15, 0.2) is 12.2 Å². The van der Waals surface area contributed by atoms with Gasteiger partial charge in [0.05, 0.1) is 11.8 Å². The van der Waals surface area contributed by atoms with Crippen molar-refractivity contribution in [1.29, 1.82) is 0 Å². The van der Waals surface area contributed by atoms with E-state index in [1.165, 1.54) is 0 Å². The van der Waals surface area contributed by atoms with Gasteiger partial charge in [-0.2, -0.15) is 0 Å². The summed E-state index contributed by atoms with van der Waals surface area (Å²) in [6, 6.07) is 0. The highest BCUT2D eigenvalue weighted by Crippen LogP contribution is 2.55. The molecule has 124 valence electrons. The predicted molar refractivity (Wildman–Crippen MR) is 84.1 cm³/mol. The van der Waals surface area contributed by atoms with E-state index in [1.54, 1.807) is 0 Å². The molecule has 0 heterocycles. The number of carbonyl (C=O) groups excluding carboxylic acids is 2. The number of allylic oxidation sites excluding steroid dienone is 2. The van der Waals surface area contributed by atoms with Gasteiger partial charge in [-0.05, 0) is 66.2 Å². The van der Waals surface area contributed by atoms with Crippen LogP contribution in [0, 0.1) is 17.3 Å². The minimum atomic E-state index is -0.755. The zero-order valence-corrected chi connectivity index (χ0v) is 14.6. The molecule has 2 aliphatic rings. The molecule has 2 bridgehead atoms. The zero-order chi connectivity index (χ0) is 16.8. The molecule has 4 heteroatoms. The molecule has 0 amide bonds. The van der Waals surface area contributed by atoms with Crippen molar-refractivity contribution in [3.63, 3.8) is 0 Å². The summed E-state index contributed by atoms with van der Waals surface area (Å²) in [6.07, 6.45) is 5.94. The van der Waals surface area contributed by atoms with Crippen molar-refractivity contribution in [1.82, 2.24) is 0 Å². The molecule has 0 N–H and O–H groups in total. The first-order chi connectivity index (χ1) is 9.91. The van der Waals surface area contributed by atoms with Crippen LogP contribution in [-0.2, 0) is 19.1 Å². The van der Waals surface area contributed by atoms with E-state index >= 15 is 0 Å². The first-order valence-electron chi connectivity index (χ1n) is 8.05. The first kappa shape index (κ1) is 17.0. The molecule has 0 aromatic rings. The molecule has 0 aliphatic heterocycles. The molecule has 3 unspecified atom stereocenters. The summed E-state index contributed by atoms with van der Waals surface area (Å²) in [4.78, 5) is 25.1. The second kappa shape index (κ2) is 5.39. The normalized spacial score (nSPS) is 30.5. The van der Waals surface area contributed by atoms with E-state index in [0.717, 1.165) is 6.42 Å². The highest BCUT2D eigenvalue weighted by Gasteiger charge is 2.56. The molecular weight excluding hydrogens is 280 g/mol. The monoisotopic (exact) mass is 308 g/mol. The van der Waals surface area contributed by atoms with Crippen molar-refractivity contribution in [2.45, 2.75) is 72.0 Å². The van der Waals surface area contributed by atoms with E-state index in [4.69, 9.17) is 9.47 Å². The number of carbonyl (C=O) groups is 2. The quantitative estimate of drug-likeness (QED) is 0.590. The van der Waals surface area contributed by atoms with Gasteiger partial charge in [0.1, 0.15) is 11.2 Å². The Morgan fingerprint density at radius 2 is 1.64 bits per heavy atom. The lowest BCUT2D eigenvalue weighted by Crippen LogP contribution is -2.43. The Balaban J connectivity index is 2.19. The van der Waals surface area contributed by atoms with Crippen molar-refractivity contribution in [3.8, 4) is 0 Å². The molecule has 2 aliphatic carbocycles. The fraction of sp³-hybridized carbons (Fsp3) is 0.778. The van der Waals surface area contributed by atoms with E-state index in [2.05, 4.69) is 12.2 Å². The standard InChI is InChI=1S/C18H28O4/c1-16(2,3)21-14(19)11-18(15(20)22-17(4,5)6)10-12-7-8-13(18)9-12/h7-8,12-13H,9-11H2,1-6H3. The third kappa shape index (κ3) is 3.71. The molecule has 0 aromatic carbocycles. The van der Waals surface area contributed by atoms with Crippen molar-refractivity contribution >= 4 is 11.9 Å². The number of ether oxygens (including phenoxy) is 2. The molecule has 2 rings (SSSR count). The number of esters is 2. The van der Waals surface area contributed by atoms with Gasteiger partial charge in [0.25, 0.3) is 0 Å². The van der Waals surface area contributed by atoms with Crippen LogP contribution < -0.4 is 0 Å². The maximum absolute atomic E-state index is 12.8. The molecule has 0 spiro atoms. The Bertz CT molecular complexity index is 492. The van der Waals surface area contributed by atoms with E-state index in [-0.39, 0.29) is 24.3 Å². The Labute approximate surface area is 133 Å². The summed E-state index contributed by atoms with van der Waals surface area (Å²) >= 11 is 0. The van der Waals surface area contributed by atoms with Crippen LogP contribution in [0.4, 0.5) is 0 Å². The summed E-state index contributed by atoms with van der Waals surface area (Å²) in [7, 11) is 0. The molecule has 1 fully saturated rings. The minimum absolute atomic E-state index is 0.0832. The lowest BCUT2D eigenvalue weighted by Gasteiger charge is -2.35. The zero-order valence-electron chi connectivity index (χ0n) is 14.6. The largest absolute Gasteiger partial charge is 0.460 e. The van der Waals surface area contributed by atoms with E-state index in [9.17, 15) is 9.59 Å². The summed E-state index contributed by atoms with van der Waals surface area (Å²) in [5.74, 6) is -0.123. The Morgan fingerprint density at radius 3 is 2.05 bits per heavy atom. The molecular formula is C18H28O4. The van der Waals surface area contributed by atoms with E-state index in [1.807, 2.05) is 41.5 Å². The number of rotatable bonds is 3. The number of hydrogen-bond donors (Lipinski definition) is 0. The lowest BCUT2D eigenvalue weighted by atomic mass is 9.73. The van der Waals surface area contributed by atoms with Gasteiger partial charge in [-0.15, -0.1) is 0 Å². The third-order valence-electron chi connectivity index (χ3n) is 4.19. The molecule has 22 heavy (non-hydrogen) atoms. The second-order valence-corrected chi connectivity index (χ2v) is 8.61. The van der Waals surface area contributed by atoms with Crippen LogP contribution in [0.3, 0.4) is 0 Å². The van der Waals surface area contributed by atoms with Gasteiger partial charge in [0.15, 0.2) is 0 Å². The van der Waals surface area contributed by atoms with Crippen molar-refractivity contribution in [3.05, 3.63) is 12.2 Å². The SMILES string of the molecule is CC(C)(C)OC(=O)CC1(C(=O)OC(C)(C)C)CC2C=CC1C2. The van der Waals surface area contributed by atoms with Gasteiger partial charge < -0.3 is 9.47 Å². The summed E-state index contributed by atoms with van der Waals surface area (Å²) in [5, 5.41) is 0. The van der Waals surface area contributed by atoms with Crippen molar-refractivity contribution < 1.29 is 19.1 Å². The Morgan fingerprint density at radius 1 is 1.05 bits per heavy atom. The molecule has 1 saturated carbocycles. The van der Waals surface area contributed by atoms with Gasteiger partial charge in [-0.25, -0.2) is 0 Å². The fourth-order valence-electron chi connectivity index (χ4n) is 3.48. The summed E-state index contributed by atoms with van der Waals surface area (Å²) in [5.41, 5.74) is -1.85. The second-order valence-electron chi connectivity index (χ2n) is 8.61. The Hall–Kier alpha value is -1.32. The molecule has 0 radical (unpaired) electrons. The summed E-state index contributed by atoms with van der Waals surface area (Å²) in [6.45, 7) is 11.1. The minimum Gasteiger partial charge on any atom is -0.460 e. The number of hydrogen-bond acceptors (Lipinski definition) is 4. The van der Waals surface area contributed by atoms with Crippen molar-refractivity contribution in [2.75, 3.05) is 0 Å². The topological polar surface area (TPSA) is 52.6 Å². The molecule has 0 aromatic heterocycles. The summed E-state index contributed by atoms with van der Waals surface area (Å²) < 4.78 is 11.1. The first-order valence-corrected chi connectivity index (χ1v) is 8.05. The van der Waals surface area contributed by atoms with Crippen molar-refractivity contribution in [2.24, 2.45) is 17.3 Å². The van der Waals surface area contributed by atoms with Gasteiger partial charge in [0.2, 0.25) is 0 Å².